The molecule has 3 nitrogen and oxygen atoms in total. The van der Waals surface area contributed by atoms with Crippen LogP contribution in [0, 0.1) is 5.41 Å². The smallest absolute Gasteiger partial charge is 0.222 e. The molecule has 0 bridgehead atoms. The second-order valence-electron chi connectivity index (χ2n) is 5.79. The van der Waals surface area contributed by atoms with E-state index in [1.807, 2.05) is 30.1 Å². The molecule has 0 aromatic heterocycles. The summed E-state index contributed by atoms with van der Waals surface area (Å²) in [4.78, 5) is 14.0. The molecular formula is C16H24N2O. The van der Waals surface area contributed by atoms with Gasteiger partial charge in [0.05, 0.1) is 0 Å². The largest absolute Gasteiger partial charge is 0.345 e. The van der Waals surface area contributed by atoms with Gasteiger partial charge in [0.2, 0.25) is 5.91 Å². The van der Waals surface area contributed by atoms with Crippen molar-refractivity contribution in [1.82, 2.24) is 4.90 Å². The molecule has 19 heavy (non-hydrogen) atoms. The van der Waals surface area contributed by atoms with Gasteiger partial charge in [-0.25, -0.2) is 0 Å². The van der Waals surface area contributed by atoms with E-state index >= 15 is 0 Å². The molecule has 0 heterocycles. The average Bonchev–Trinajstić information content (AvgIpc) is 2.41. The Kier molecular flexibility index (Phi) is 4.59. The highest BCUT2D eigenvalue weighted by molar-refractivity contribution is 5.76. The molecule has 3 heteroatoms. The van der Waals surface area contributed by atoms with Gasteiger partial charge in [-0.05, 0) is 31.4 Å². The van der Waals surface area contributed by atoms with Crippen molar-refractivity contribution in [3.8, 4) is 0 Å². The molecule has 2 N–H and O–H groups in total. The number of aryl methyl sites for hydroxylation is 1. The zero-order valence-corrected chi connectivity index (χ0v) is 11.8. The highest BCUT2D eigenvalue weighted by Gasteiger charge is 2.37. The molecule has 0 saturated heterocycles. The Labute approximate surface area is 115 Å². The van der Waals surface area contributed by atoms with Crippen molar-refractivity contribution in [2.24, 2.45) is 11.1 Å². The van der Waals surface area contributed by atoms with Crippen LogP contribution in [0.15, 0.2) is 30.3 Å². The van der Waals surface area contributed by atoms with Crippen molar-refractivity contribution in [3.63, 3.8) is 0 Å². The minimum Gasteiger partial charge on any atom is -0.345 e. The zero-order chi connectivity index (χ0) is 13.7. The molecule has 1 aromatic rings. The summed E-state index contributed by atoms with van der Waals surface area (Å²) in [5.74, 6) is 0.226. The molecule has 2 rings (SSSR count). The third kappa shape index (κ3) is 3.57. The Bertz CT molecular complexity index is 407. The van der Waals surface area contributed by atoms with Gasteiger partial charge in [-0.1, -0.05) is 36.8 Å². The summed E-state index contributed by atoms with van der Waals surface area (Å²) in [6, 6.07) is 10.2. The van der Waals surface area contributed by atoms with Crippen LogP contribution in [0.1, 0.15) is 31.2 Å². The first-order chi connectivity index (χ1) is 9.15. The van der Waals surface area contributed by atoms with E-state index in [-0.39, 0.29) is 11.3 Å². The Morgan fingerprint density at radius 2 is 2.00 bits per heavy atom. The van der Waals surface area contributed by atoms with Crippen molar-refractivity contribution < 1.29 is 4.79 Å². The Morgan fingerprint density at radius 1 is 1.32 bits per heavy atom. The minimum absolute atomic E-state index is 0.206. The van der Waals surface area contributed by atoms with Gasteiger partial charge in [-0.3, -0.25) is 4.79 Å². The van der Waals surface area contributed by atoms with Crippen molar-refractivity contribution in [2.45, 2.75) is 32.1 Å². The first-order valence-electron chi connectivity index (χ1n) is 7.13. The molecule has 1 aromatic carbocycles. The van der Waals surface area contributed by atoms with Crippen molar-refractivity contribution >= 4 is 5.91 Å². The maximum Gasteiger partial charge on any atom is 0.222 e. The third-order valence-corrected chi connectivity index (χ3v) is 4.32. The van der Waals surface area contributed by atoms with Crippen LogP contribution in [0.2, 0.25) is 0 Å². The highest BCUT2D eigenvalue weighted by atomic mass is 16.2. The van der Waals surface area contributed by atoms with Crippen molar-refractivity contribution in [3.05, 3.63) is 35.9 Å². The van der Waals surface area contributed by atoms with Crippen molar-refractivity contribution in [1.29, 1.82) is 0 Å². The lowest BCUT2D eigenvalue weighted by Gasteiger charge is -2.43. The molecule has 0 spiro atoms. The van der Waals surface area contributed by atoms with Gasteiger partial charge in [-0.2, -0.15) is 0 Å². The molecule has 0 radical (unpaired) electrons. The van der Waals surface area contributed by atoms with E-state index in [4.69, 9.17) is 5.73 Å². The maximum absolute atomic E-state index is 12.1. The van der Waals surface area contributed by atoms with Crippen LogP contribution >= 0.6 is 0 Å². The predicted octanol–water partition coefficient (Wildman–Crippen LogP) is 2.21. The van der Waals surface area contributed by atoms with Crippen LogP contribution in [0.25, 0.3) is 0 Å². The standard InChI is InChI=1S/C16H24N2O/c1-18(13-16(12-17)10-5-11-16)15(19)9-8-14-6-3-2-4-7-14/h2-4,6-7H,5,8-13,17H2,1H3. The summed E-state index contributed by atoms with van der Waals surface area (Å²) >= 11 is 0. The molecule has 1 saturated carbocycles. The van der Waals surface area contributed by atoms with Gasteiger partial charge in [-0.15, -0.1) is 0 Å². The Balaban J connectivity index is 1.79. The lowest BCUT2D eigenvalue weighted by molar-refractivity contribution is -0.132. The van der Waals surface area contributed by atoms with E-state index in [9.17, 15) is 4.79 Å². The van der Waals surface area contributed by atoms with Gasteiger partial charge >= 0.3 is 0 Å². The number of hydrogen-bond donors (Lipinski definition) is 1. The third-order valence-electron chi connectivity index (χ3n) is 4.32. The molecule has 1 aliphatic rings. The molecule has 1 aliphatic carbocycles. The number of carbonyl (C=O) groups excluding carboxylic acids is 1. The van der Waals surface area contributed by atoms with Crippen LogP contribution in [0.3, 0.4) is 0 Å². The Morgan fingerprint density at radius 3 is 2.53 bits per heavy atom. The highest BCUT2D eigenvalue weighted by Crippen LogP contribution is 2.40. The Hall–Kier alpha value is -1.35. The molecule has 0 atom stereocenters. The number of nitrogens with zero attached hydrogens (tertiary/aromatic N) is 1. The number of carbonyl (C=O) groups is 1. The first kappa shape index (κ1) is 14.1. The number of rotatable bonds is 6. The molecular weight excluding hydrogens is 236 g/mol. The van der Waals surface area contributed by atoms with E-state index < -0.39 is 0 Å². The van der Waals surface area contributed by atoms with E-state index in [1.165, 1.54) is 24.8 Å². The number of nitrogens with two attached hydrogens (primary N) is 1. The van der Waals surface area contributed by atoms with Gasteiger partial charge in [0.25, 0.3) is 0 Å². The minimum atomic E-state index is 0.206. The zero-order valence-electron chi connectivity index (χ0n) is 11.8. The molecule has 1 amide bonds. The number of amides is 1. The fraction of sp³-hybridized carbons (Fsp3) is 0.562. The topological polar surface area (TPSA) is 46.3 Å². The summed E-state index contributed by atoms with van der Waals surface area (Å²) in [6.45, 7) is 1.51. The van der Waals surface area contributed by atoms with Crippen LogP contribution in [-0.4, -0.2) is 30.9 Å². The molecule has 0 unspecified atom stereocenters. The molecule has 0 aliphatic heterocycles. The lowest BCUT2D eigenvalue weighted by atomic mass is 9.68. The number of hydrogen-bond acceptors (Lipinski definition) is 2. The van der Waals surface area contributed by atoms with Crippen molar-refractivity contribution in [2.75, 3.05) is 20.1 Å². The second kappa shape index (κ2) is 6.20. The summed E-state index contributed by atoms with van der Waals surface area (Å²) in [5.41, 5.74) is 7.27. The quantitative estimate of drug-likeness (QED) is 0.852. The van der Waals surface area contributed by atoms with E-state index in [1.54, 1.807) is 0 Å². The normalized spacial score (nSPS) is 16.7. The summed E-state index contributed by atoms with van der Waals surface area (Å²) < 4.78 is 0. The summed E-state index contributed by atoms with van der Waals surface area (Å²) in [6.07, 6.45) is 4.99. The monoisotopic (exact) mass is 260 g/mol. The fourth-order valence-electron chi connectivity index (χ4n) is 2.78. The van der Waals surface area contributed by atoms with Gasteiger partial charge in [0, 0.05) is 25.4 Å². The predicted molar refractivity (Wildman–Crippen MR) is 77.7 cm³/mol. The van der Waals surface area contributed by atoms with E-state index in [0.29, 0.717) is 13.0 Å². The lowest BCUT2D eigenvalue weighted by Crippen LogP contribution is -2.47. The van der Waals surface area contributed by atoms with E-state index in [0.717, 1.165) is 13.0 Å². The van der Waals surface area contributed by atoms with Crippen LogP contribution in [0.4, 0.5) is 0 Å². The summed E-state index contributed by atoms with van der Waals surface area (Å²) in [7, 11) is 1.91. The van der Waals surface area contributed by atoms with Crippen LogP contribution in [-0.2, 0) is 11.2 Å². The second-order valence-corrected chi connectivity index (χ2v) is 5.79. The average molecular weight is 260 g/mol. The van der Waals surface area contributed by atoms with Gasteiger partial charge < -0.3 is 10.6 Å². The molecule has 1 fully saturated rings. The first-order valence-corrected chi connectivity index (χ1v) is 7.13. The van der Waals surface area contributed by atoms with Crippen LogP contribution in [0.5, 0.6) is 0 Å². The summed E-state index contributed by atoms with van der Waals surface area (Å²) in [5, 5.41) is 0. The SMILES string of the molecule is CN(CC1(CN)CCC1)C(=O)CCc1ccccc1. The van der Waals surface area contributed by atoms with Gasteiger partial charge in [0.1, 0.15) is 0 Å². The maximum atomic E-state index is 12.1. The van der Waals surface area contributed by atoms with Gasteiger partial charge in [0.15, 0.2) is 0 Å². The van der Waals surface area contributed by atoms with E-state index in [2.05, 4.69) is 12.1 Å². The van der Waals surface area contributed by atoms with Crippen LogP contribution < -0.4 is 5.73 Å². The molecule has 104 valence electrons. The number of benzene rings is 1. The fourth-order valence-corrected chi connectivity index (χ4v) is 2.78.